The van der Waals surface area contributed by atoms with Gasteiger partial charge in [-0.25, -0.2) is 0 Å². The molecule has 49 heavy (non-hydrogen) atoms. The van der Waals surface area contributed by atoms with Crippen molar-refractivity contribution in [3.8, 4) is 0 Å². The minimum atomic E-state index is -0.940. The summed E-state index contributed by atoms with van der Waals surface area (Å²) in [4.78, 5) is 48.9. The molecule has 9 heteroatoms. The van der Waals surface area contributed by atoms with Gasteiger partial charge in [-0.3, -0.25) is 24.3 Å². The predicted octanol–water partition coefficient (Wildman–Crippen LogP) is 5.16. The normalized spacial score (nSPS) is 20.8. The van der Waals surface area contributed by atoms with Crippen molar-refractivity contribution < 1.29 is 19.5 Å². The molecule has 3 aromatic rings. The number of likely N-dealkylation sites (tertiary alicyclic amines) is 1. The summed E-state index contributed by atoms with van der Waals surface area (Å²) >= 11 is 0. The molecule has 1 saturated carbocycles. The molecule has 0 radical (unpaired) electrons. The van der Waals surface area contributed by atoms with Gasteiger partial charge in [-0.1, -0.05) is 61.7 Å². The number of aliphatic hydroxyl groups is 1. The zero-order valence-electron chi connectivity index (χ0n) is 29.7. The second-order valence-electron chi connectivity index (χ2n) is 15.1. The number of hydrogen-bond donors (Lipinski definition) is 3. The maximum atomic E-state index is 14.0. The van der Waals surface area contributed by atoms with Crippen LogP contribution in [0.5, 0.6) is 0 Å². The molecule has 2 aliphatic rings. The van der Waals surface area contributed by atoms with Crippen LogP contribution in [0.1, 0.15) is 90.3 Å². The highest BCUT2D eigenvalue weighted by molar-refractivity contribution is 6.00. The minimum absolute atomic E-state index is 0.00188. The van der Waals surface area contributed by atoms with Gasteiger partial charge in [0.15, 0.2) is 0 Å². The molecule has 9 nitrogen and oxygen atoms in total. The highest BCUT2D eigenvalue weighted by atomic mass is 16.3. The number of hydrogen-bond acceptors (Lipinski definition) is 6. The Kier molecular flexibility index (Phi) is 11.9. The van der Waals surface area contributed by atoms with Gasteiger partial charge in [0.05, 0.1) is 18.2 Å². The van der Waals surface area contributed by atoms with Crippen LogP contribution in [-0.2, 0) is 17.8 Å². The molecule has 262 valence electrons. The van der Waals surface area contributed by atoms with Gasteiger partial charge in [0.1, 0.15) is 0 Å². The average molecular weight is 668 g/mol. The van der Waals surface area contributed by atoms with Gasteiger partial charge in [0.2, 0.25) is 5.91 Å². The second kappa shape index (κ2) is 16.1. The molecule has 2 fully saturated rings. The number of nitrogens with one attached hydrogen (secondary N) is 2. The van der Waals surface area contributed by atoms with Gasteiger partial charge < -0.3 is 20.6 Å². The van der Waals surface area contributed by atoms with Gasteiger partial charge >= 0.3 is 0 Å². The van der Waals surface area contributed by atoms with Crippen LogP contribution in [-0.4, -0.2) is 81.5 Å². The summed E-state index contributed by atoms with van der Waals surface area (Å²) in [7, 11) is 1.73. The van der Waals surface area contributed by atoms with Crippen molar-refractivity contribution in [1.29, 1.82) is 0 Å². The van der Waals surface area contributed by atoms with Crippen LogP contribution < -0.4 is 10.6 Å². The summed E-state index contributed by atoms with van der Waals surface area (Å²) in [6, 6.07) is 17.8. The lowest BCUT2D eigenvalue weighted by molar-refractivity contribution is -0.132. The number of amides is 3. The first-order valence-corrected chi connectivity index (χ1v) is 17.7. The summed E-state index contributed by atoms with van der Waals surface area (Å²) in [5.74, 6) is 0.456. The largest absolute Gasteiger partial charge is 0.390 e. The Hall–Kier alpha value is -4.08. The number of nitrogens with zero attached hydrogens (tertiary/aromatic N) is 3. The minimum Gasteiger partial charge on any atom is -0.390 e. The number of aryl methyl sites for hydroxylation is 1. The van der Waals surface area contributed by atoms with Crippen molar-refractivity contribution in [2.24, 2.45) is 11.8 Å². The van der Waals surface area contributed by atoms with E-state index in [9.17, 15) is 19.5 Å². The molecule has 1 aliphatic carbocycles. The summed E-state index contributed by atoms with van der Waals surface area (Å²) < 4.78 is 0. The van der Waals surface area contributed by atoms with E-state index in [0.717, 1.165) is 42.5 Å². The molecule has 1 aromatic heterocycles. The number of carbonyl (C=O) groups is 3. The molecule has 3 N–H and O–H groups in total. The highest BCUT2D eigenvalue weighted by Gasteiger charge is 2.42. The summed E-state index contributed by atoms with van der Waals surface area (Å²) in [6.07, 6.45) is 8.37. The first-order valence-electron chi connectivity index (χ1n) is 17.7. The number of carbonyl (C=O) groups excluding carboxylic acids is 3. The van der Waals surface area contributed by atoms with E-state index in [1.807, 2.05) is 70.2 Å². The van der Waals surface area contributed by atoms with Gasteiger partial charge in [-0.15, -0.1) is 0 Å². The number of β-amino-alcohol motifs (C(OH)–C–C–N with tert-alkyl or cyclic N) is 1. The number of rotatable bonds is 11. The quantitative estimate of drug-likeness (QED) is 0.260. The molecule has 2 aromatic carbocycles. The Labute approximate surface area is 291 Å². The Bertz CT molecular complexity index is 1570. The number of pyridine rings is 1. The maximum absolute atomic E-state index is 14.0. The maximum Gasteiger partial charge on any atom is 0.253 e. The molecule has 5 rings (SSSR count). The smallest absolute Gasteiger partial charge is 0.253 e. The molecule has 5 atom stereocenters. The monoisotopic (exact) mass is 667 g/mol. The molecule has 3 amide bonds. The molecular formula is C40H53N5O4. The van der Waals surface area contributed by atoms with E-state index in [1.165, 1.54) is 12.8 Å². The molecule has 0 unspecified atom stereocenters. The van der Waals surface area contributed by atoms with Gasteiger partial charge in [0.25, 0.3) is 11.8 Å². The summed E-state index contributed by atoms with van der Waals surface area (Å²) in [5.41, 5.74) is 3.05. The first-order chi connectivity index (χ1) is 23.4. The van der Waals surface area contributed by atoms with Crippen LogP contribution in [0.2, 0.25) is 0 Å². The lowest BCUT2D eigenvalue weighted by atomic mass is 9.72. The number of aliphatic hydroxyl groups excluding tert-OH is 1. The lowest BCUT2D eigenvalue weighted by Gasteiger charge is -2.47. The second-order valence-corrected chi connectivity index (χ2v) is 15.1. The average Bonchev–Trinajstić information content (AvgIpc) is 3.07. The van der Waals surface area contributed by atoms with Gasteiger partial charge in [-0.05, 0) is 93.7 Å². The Morgan fingerprint density at radius 3 is 2.41 bits per heavy atom. The van der Waals surface area contributed by atoms with Crippen molar-refractivity contribution in [1.82, 2.24) is 25.4 Å². The Balaban J connectivity index is 1.35. The van der Waals surface area contributed by atoms with E-state index in [1.54, 1.807) is 42.5 Å². The third-order valence-electron chi connectivity index (χ3n) is 10.0. The van der Waals surface area contributed by atoms with Crippen LogP contribution >= 0.6 is 0 Å². The van der Waals surface area contributed by atoms with E-state index in [0.29, 0.717) is 35.9 Å². The fourth-order valence-electron chi connectivity index (χ4n) is 7.45. The Morgan fingerprint density at radius 1 is 1.00 bits per heavy atom. The lowest BCUT2D eigenvalue weighted by Crippen LogP contribution is -2.60. The molecular weight excluding hydrogens is 614 g/mol. The van der Waals surface area contributed by atoms with E-state index < -0.39 is 12.1 Å². The van der Waals surface area contributed by atoms with E-state index in [4.69, 9.17) is 0 Å². The molecule has 1 aliphatic heterocycles. The van der Waals surface area contributed by atoms with Crippen LogP contribution in [0, 0.1) is 18.8 Å². The molecule has 1 saturated heterocycles. The third kappa shape index (κ3) is 9.76. The number of aromatic nitrogens is 1. The zero-order chi connectivity index (χ0) is 35.1. The number of benzene rings is 2. The third-order valence-corrected chi connectivity index (χ3v) is 10.0. The van der Waals surface area contributed by atoms with Crippen molar-refractivity contribution in [3.05, 3.63) is 101 Å². The van der Waals surface area contributed by atoms with Crippen molar-refractivity contribution in [3.63, 3.8) is 0 Å². The molecule has 0 spiro atoms. The summed E-state index contributed by atoms with van der Waals surface area (Å²) in [6.45, 7) is 9.23. The Morgan fingerprint density at radius 2 is 1.71 bits per heavy atom. The zero-order valence-corrected chi connectivity index (χ0v) is 29.7. The summed E-state index contributed by atoms with van der Waals surface area (Å²) in [5, 5.41) is 18.2. The van der Waals surface area contributed by atoms with Crippen LogP contribution in [0.15, 0.2) is 73.1 Å². The topological polar surface area (TPSA) is 115 Å². The van der Waals surface area contributed by atoms with Gasteiger partial charge in [-0.2, -0.15) is 0 Å². The molecule has 0 bridgehead atoms. The van der Waals surface area contributed by atoms with Crippen LogP contribution in [0.25, 0.3) is 0 Å². The van der Waals surface area contributed by atoms with Crippen molar-refractivity contribution in [2.45, 2.75) is 96.5 Å². The van der Waals surface area contributed by atoms with Gasteiger partial charge in [0, 0.05) is 55.7 Å². The first kappa shape index (κ1) is 36.2. The fraction of sp³-hybridized carbons (Fsp3) is 0.500. The fourth-order valence-corrected chi connectivity index (χ4v) is 7.45. The van der Waals surface area contributed by atoms with Crippen LogP contribution in [0.4, 0.5) is 0 Å². The van der Waals surface area contributed by atoms with E-state index >= 15 is 0 Å². The van der Waals surface area contributed by atoms with Crippen molar-refractivity contribution in [2.75, 3.05) is 20.1 Å². The number of fused-ring (bicyclic) bond motifs is 1. The van der Waals surface area contributed by atoms with Crippen LogP contribution in [0.3, 0.4) is 0 Å². The SMILES string of the molecule is Cc1ccc(C(=O)N(C)Cc2cccnc2)cc1C(=O)N[C@@H](Cc1ccccc1)[C@@H](O)CN1C[C@H]2CCCC[C@H]2C[C@H]1C(=O)NC(C)(C)C. The van der Waals surface area contributed by atoms with Crippen molar-refractivity contribution >= 4 is 17.7 Å². The number of piperidine rings is 1. The standard InChI is InChI=1S/C40H53N5O4/c1-27-17-18-31(39(49)44(5)24-29-14-11-19-41-23-29)21-33(27)37(47)42-34(20-28-12-7-6-8-13-28)36(46)26-45-25-32-16-10-9-15-30(32)22-35(45)38(48)43-40(2,3)4/h6-8,11-14,17-19,21,23,30,32,34-36,46H,9-10,15-16,20,22,24-26H2,1-5H3,(H,42,47)(H,43,48)/t30-,32+,34-,35-,36-/m0/s1. The van der Waals surface area contributed by atoms with E-state index in [-0.39, 0.29) is 35.8 Å². The predicted molar refractivity (Wildman–Crippen MR) is 192 cm³/mol. The van der Waals surface area contributed by atoms with E-state index in [2.05, 4.69) is 20.5 Å². The highest BCUT2D eigenvalue weighted by Crippen LogP contribution is 2.39. The molecule has 2 heterocycles.